The monoisotopic (exact) mass is 205 g/mol. The molecule has 0 amide bonds. The Morgan fingerprint density at radius 1 is 1.29 bits per heavy atom. The molecule has 2 aromatic heterocycles. The summed E-state index contributed by atoms with van der Waals surface area (Å²) >= 11 is 1.72. The third kappa shape index (κ3) is 2.61. The molecule has 2 aromatic rings. The average molecular weight is 205 g/mol. The molecule has 0 aliphatic rings. The molecule has 4 heteroatoms. The van der Waals surface area contributed by atoms with Crippen LogP contribution in [0.5, 0.6) is 0 Å². The molecule has 3 nitrogen and oxygen atoms in total. The van der Waals surface area contributed by atoms with Crippen molar-refractivity contribution in [1.29, 1.82) is 0 Å². The van der Waals surface area contributed by atoms with Gasteiger partial charge in [-0.3, -0.25) is 0 Å². The molecule has 0 unspecified atom stereocenters. The topological polar surface area (TPSA) is 37.8 Å². The van der Waals surface area contributed by atoms with Crippen LogP contribution in [0.15, 0.2) is 35.4 Å². The number of aromatic nitrogens is 2. The van der Waals surface area contributed by atoms with Crippen molar-refractivity contribution < 1.29 is 0 Å². The molecule has 0 saturated heterocycles. The van der Waals surface area contributed by atoms with E-state index in [2.05, 4.69) is 32.1 Å². The third-order valence-electron chi connectivity index (χ3n) is 1.86. The minimum Gasteiger partial charge on any atom is -0.307 e. The van der Waals surface area contributed by atoms with Crippen LogP contribution in [0.3, 0.4) is 0 Å². The van der Waals surface area contributed by atoms with Crippen molar-refractivity contribution >= 4 is 11.3 Å². The summed E-state index contributed by atoms with van der Waals surface area (Å²) in [5.41, 5.74) is 2.35. The average Bonchev–Trinajstić information content (AvgIpc) is 2.72. The molecule has 2 rings (SSSR count). The lowest BCUT2D eigenvalue weighted by Crippen LogP contribution is -2.13. The van der Waals surface area contributed by atoms with E-state index >= 15 is 0 Å². The van der Waals surface area contributed by atoms with E-state index in [-0.39, 0.29) is 0 Å². The van der Waals surface area contributed by atoms with Crippen molar-refractivity contribution in [3.8, 4) is 0 Å². The Bertz CT molecular complexity index is 358. The summed E-state index contributed by atoms with van der Waals surface area (Å²) in [7, 11) is 0. The number of rotatable bonds is 4. The normalized spacial score (nSPS) is 10.3. The largest absolute Gasteiger partial charge is 0.307 e. The number of nitrogens with zero attached hydrogens (tertiary/aromatic N) is 2. The van der Waals surface area contributed by atoms with Gasteiger partial charge >= 0.3 is 0 Å². The predicted molar refractivity (Wildman–Crippen MR) is 56.9 cm³/mol. The van der Waals surface area contributed by atoms with E-state index in [0.717, 1.165) is 18.8 Å². The van der Waals surface area contributed by atoms with Crippen molar-refractivity contribution in [1.82, 2.24) is 15.3 Å². The molecule has 0 saturated carbocycles. The first-order valence-electron chi connectivity index (χ1n) is 4.42. The second kappa shape index (κ2) is 4.83. The fourth-order valence-electron chi connectivity index (χ4n) is 1.15. The maximum Gasteiger partial charge on any atom is 0.115 e. The molecule has 0 spiro atoms. The second-order valence-electron chi connectivity index (χ2n) is 2.94. The van der Waals surface area contributed by atoms with E-state index in [4.69, 9.17) is 0 Å². The maximum absolute atomic E-state index is 4.13. The van der Waals surface area contributed by atoms with Crippen molar-refractivity contribution in [2.45, 2.75) is 13.1 Å². The summed E-state index contributed by atoms with van der Waals surface area (Å²) in [6.45, 7) is 1.69. The highest BCUT2D eigenvalue weighted by atomic mass is 32.1. The second-order valence-corrected chi connectivity index (χ2v) is 3.72. The van der Waals surface area contributed by atoms with Crippen LogP contribution in [-0.4, -0.2) is 9.97 Å². The van der Waals surface area contributed by atoms with Crippen LogP contribution in [0, 0.1) is 0 Å². The van der Waals surface area contributed by atoms with E-state index in [1.165, 1.54) is 5.56 Å². The molecular formula is C10H11N3S. The lowest BCUT2D eigenvalue weighted by atomic mass is 10.3. The van der Waals surface area contributed by atoms with E-state index < -0.39 is 0 Å². The Balaban J connectivity index is 1.79. The van der Waals surface area contributed by atoms with Gasteiger partial charge in [0.25, 0.3) is 0 Å². The fourth-order valence-corrected chi connectivity index (χ4v) is 1.82. The smallest absolute Gasteiger partial charge is 0.115 e. The van der Waals surface area contributed by atoms with Crippen LogP contribution >= 0.6 is 11.3 Å². The van der Waals surface area contributed by atoms with Gasteiger partial charge < -0.3 is 5.32 Å². The van der Waals surface area contributed by atoms with Crippen LogP contribution in [-0.2, 0) is 13.1 Å². The van der Waals surface area contributed by atoms with Gasteiger partial charge in [0, 0.05) is 19.3 Å². The zero-order valence-corrected chi connectivity index (χ0v) is 8.50. The van der Waals surface area contributed by atoms with Gasteiger partial charge in [-0.15, -0.1) is 0 Å². The Hall–Kier alpha value is -1.26. The summed E-state index contributed by atoms with van der Waals surface area (Å²) in [5, 5.41) is 7.55. The molecule has 0 fully saturated rings. The van der Waals surface area contributed by atoms with Crippen LogP contribution < -0.4 is 5.32 Å². The fraction of sp³-hybridized carbons (Fsp3) is 0.200. The summed E-state index contributed by atoms with van der Waals surface area (Å²) in [6.07, 6.45) is 3.33. The van der Waals surface area contributed by atoms with Gasteiger partial charge in [0.1, 0.15) is 6.33 Å². The van der Waals surface area contributed by atoms with Gasteiger partial charge in [-0.2, -0.15) is 11.3 Å². The minimum atomic E-state index is 0.790. The first-order valence-corrected chi connectivity index (χ1v) is 5.36. The number of hydrogen-bond donors (Lipinski definition) is 1. The third-order valence-corrected chi connectivity index (χ3v) is 2.59. The van der Waals surface area contributed by atoms with Crippen molar-refractivity contribution in [3.05, 3.63) is 46.7 Å². The molecule has 0 aromatic carbocycles. The molecule has 1 N–H and O–H groups in total. The lowest BCUT2D eigenvalue weighted by Gasteiger charge is -2.01. The van der Waals surface area contributed by atoms with Crippen LogP contribution in [0.25, 0.3) is 0 Å². The molecule has 0 bridgehead atoms. The Morgan fingerprint density at radius 3 is 3.00 bits per heavy atom. The van der Waals surface area contributed by atoms with Gasteiger partial charge in [0.15, 0.2) is 0 Å². The molecule has 72 valence electrons. The lowest BCUT2D eigenvalue weighted by molar-refractivity contribution is 0.679. The highest BCUT2D eigenvalue weighted by molar-refractivity contribution is 7.07. The molecule has 0 aliphatic carbocycles. The van der Waals surface area contributed by atoms with E-state index in [1.54, 1.807) is 23.9 Å². The molecule has 0 atom stereocenters. The first-order chi connectivity index (χ1) is 6.95. The summed E-state index contributed by atoms with van der Waals surface area (Å²) < 4.78 is 0. The molecule has 0 radical (unpaired) electrons. The summed E-state index contributed by atoms with van der Waals surface area (Å²) in [4.78, 5) is 7.99. The van der Waals surface area contributed by atoms with Crippen molar-refractivity contribution in [2.24, 2.45) is 0 Å². The van der Waals surface area contributed by atoms with E-state index in [1.807, 2.05) is 6.07 Å². The SMILES string of the molecule is c1cc(CNCc2ccsc2)ncn1. The molecule has 14 heavy (non-hydrogen) atoms. The quantitative estimate of drug-likeness (QED) is 0.827. The first kappa shape index (κ1) is 9.30. The van der Waals surface area contributed by atoms with E-state index in [9.17, 15) is 0 Å². The van der Waals surface area contributed by atoms with Gasteiger partial charge in [0.05, 0.1) is 5.69 Å². The standard InChI is InChI=1S/C10H11N3S/c1-3-11-8-13-10(1)6-12-5-9-2-4-14-7-9/h1-4,7-8,12H,5-6H2. The van der Waals surface area contributed by atoms with Crippen molar-refractivity contribution in [3.63, 3.8) is 0 Å². The minimum absolute atomic E-state index is 0.790. The van der Waals surface area contributed by atoms with Crippen LogP contribution in [0.4, 0.5) is 0 Å². The highest BCUT2D eigenvalue weighted by Gasteiger charge is 1.94. The van der Waals surface area contributed by atoms with Gasteiger partial charge in [-0.1, -0.05) is 0 Å². The summed E-state index contributed by atoms with van der Waals surface area (Å²) in [5.74, 6) is 0. The van der Waals surface area contributed by atoms with Crippen LogP contribution in [0.2, 0.25) is 0 Å². The van der Waals surface area contributed by atoms with Crippen LogP contribution in [0.1, 0.15) is 11.3 Å². The van der Waals surface area contributed by atoms with Crippen molar-refractivity contribution in [2.75, 3.05) is 0 Å². The maximum atomic E-state index is 4.13. The zero-order valence-electron chi connectivity index (χ0n) is 7.68. The molecule has 2 heterocycles. The highest BCUT2D eigenvalue weighted by Crippen LogP contribution is 2.05. The van der Waals surface area contributed by atoms with Gasteiger partial charge in [-0.05, 0) is 28.5 Å². The predicted octanol–water partition coefficient (Wildman–Crippen LogP) is 1.83. The number of thiophene rings is 1. The number of nitrogens with one attached hydrogen (secondary N) is 1. The Labute approximate surface area is 86.8 Å². The Kier molecular flexibility index (Phi) is 3.21. The van der Waals surface area contributed by atoms with E-state index in [0.29, 0.717) is 0 Å². The summed E-state index contributed by atoms with van der Waals surface area (Å²) in [6, 6.07) is 4.04. The van der Waals surface area contributed by atoms with Gasteiger partial charge in [-0.25, -0.2) is 9.97 Å². The molecular weight excluding hydrogens is 194 g/mol. The number of hydrogen-bond acceptors (Lipinski definition) is 4. The zero-order chi connectivity index (χ0) is 9.64. The Morgan fingerprint density at radius 2 is 2.29 bits per heavy atom. The van der Waals surface area contributed by atoms with Gasteiger partial charge in [0.2, 0.25) is 0 Å². The molecule has 0 aliphatic heterocycles.